The van der Waals surface area contributed by atoms with Gasteiger partial charge in [0, 0.05) is 31.9 Å². The molecule has 128 valence electrons. The molecule has 2 fully saturated rings. The number of hydrogen-bond donors (Lipinski definition) is 3. The lowest BCUT2D eigenvalue weighted by molar-refractivity contribution is 0.117. The highest BCUT2D eigenvalue weighted by molar-refractivity contribution is 5.80. The van der Waals surface area contributed by atoms with Gasteiger partial charge in [-0.2, -0.15) is 5.26 Å². The van der Waals surface area contributed by atoms with Gasteiger partial charge in [0.25, 0.3) is 0 Å². The molecular formula is C17H24N6O. The van der Waals surface area contributed by atoms with E-state index in [1.807, 2.05) is 0 Å². The monoisotopic (exact) mass is 328 g/mol. The van der Waals surface area contributed by atoms with Crippen LogP contribution in [0.4, 0.5) is 5.82 Å². The van der Waals surface area contributed by atoms with Gasteiger partial charge in [0.15, 0.2) is 5.96 Å². The normalized spacial score (nSPS) is 20.5. The molecule has 24 heavy (non-hydrogen) atoms. The van der Waals surface area contributed by atoms with Crippen molar-refractivity contribution in [2.75, 3.05) is 31.6 Å². The van der Waals surface area contributed by atoms with Crippen molar-refractivity contribution in [2.24, 2.45) is 4.99 Å². The lowest BCUT2D eigenvalue weighted by Gasteiger charge is -2.14. The third-order valence-corrected chi connectivity index (χ3v) is 4.03. The quantitative estimate of drug-likeness (QED) is 0.396. The number of nitrogens with zero attached hydrogens (tertiary/aromatic N) is 3. The molecule has 0 radical (unpaired) electrons. The van der Waals surface area contributed by atoms with Crippen LogP contribution in [0.2, 0.25) is 0 Å². The summed E-state index contributed by atoms with van der Waals surface area (Å²) in [5, 5.41) is 19.0. The van der Waals surface area contributed by atoms with Crippen molar-refractivity contribution in [3.8, 4) is 6.07 Å². The van der Waals surface area contributed by atoms with Crippen LogP contribution in [-0.4, -0.2) is 49.3 Å². The average molecular weight is 328 g/mol. The summed E-state index contributed by atoms with van der Waals surface area (Å²) in [6.45, 7) is 2.92. The summed E-state index contributed by atoms with van der Waals surface area (Å²) < 4.78 is 5.62. The summed E-state index contributed by atoms with van der Waals surface area (Å²) in [5.41, 5.74) is 0.556. The molecule has 1 saturated carbocycles. The van der Waals surface area contributed by atoms with Crippen LogP contribution in [0, 0.1) is 11.3 Å². The first-order chi connectivity index (χ1) is 11.8. The Morgan fingerprint density at radius 3 is 3.04 bits per heavy atom. The van der Waals surface area contributed by atoms with E-state index in [-0.39, 0.29) is 6.10 Å². The third-order valence-electron chi connectivity index (χ3n) is 4.03. The largest absolute Gasteiger partial charge is 0.376 e. The zero-order chi connectivity index (χ0) is 16.6. The minimum absolute atomic E-state index is 0.257. The molecular weight excluding hydrogens is 304 g/mol. The number of ether oxygens (including phenoxy) is 1. The molecule has 1 aromatic rings. The lowest BCUT2D eigenvalue weighted by Crippen LogP contribution is -2.41. The summed E-state index contributed by atoms with van der Waals surface area (Å²) in [6, 6.07) is 6.20. The van der Waals surface area contributed by atoms with E-state index in [9.17, 15) is 0 Å². The topological polar surface area (TPSA) is 94.4 Å². The van der Waals surface area contributed by atoms with Crippen molar-refractivity contribution in [1.82, 2.24) is 15.6 Å². The van der Waals surface area contributed by atoms with E-state index in [1.54, 1.807) is 18.3 Å². The summed E-state index contributed by atoms with van der Waals surface area (Å²) in [4.78, 5) is 8.83. The fourth-order valence-electron chi connectivity index (χ4n) is 2.55. The molecule has 2 aliphatic rings. The molecule has 7 nitrogen and oxygen atoms in total. The van der Waals surface area contributed by atoms with Crippen LogP contribution in [0.3, 0.4) is 0 Å². The van der Waals surface area contributed by atoms with Crippen LogP contribution < -0.4 is 16.0 Å². The van der Waals surface area contributed by atoms with Gasteiger partial charge in [0.05, 0.1) is 18.2 Å². The summed E-state index contributed by atoms with van der Waals surface area (Å²) in [7, 11) is 0. The summed E-state index contributed by atoms with van der Waals surface area (Å²) in [6.07, 6.45) is 6.58. The predicted molar refractivity (Wildman–Crippen MR) is 92.9 cm³/mol. The van der Waals surface area contributed by atoms with Crippen molar-refractivity contribution >= 4 is 11.8 Å². The van der Waals surface area contributed by atoms with Gasteiger partial charge in [0.2, 0.25) is 0 Å². The van der Waals surface area contributed by atoms with E-state index >= 15 is 0 Å². The molecule has 0 bridgehead atoms. The number of rotatable bonds is 7. The van der Waals surface area contributed by atoms with Crippen LogP contribution in [0.1, 0.15) is 31.2 Å². The smallest absolute Gasteiger partial charge is 0.191 e. The molecule has 1 saturated heterocycles. The minimum Gasteiger partial charge on any atom is -0.376 e. The predicted octanol–water partition coefficient (Wildman–Crippen LogP) is 1.24. The van der Waals surface area contributed by atoms with E-state index < -0.39 is 0 Å². The van der Waals surface area contributed by atoms with Crippen molar-refractivity contribution in [2.45, 2.75) is 37.8 Å². The molecule has 1 aliphatic heterocycles. The molecule has 2 heterocycles. The molecule has 0 aromatic carbocycles. The van der Waals surface area contributed by atoms with Crippen molar-refractivity contribution < 1.29 is 4.74 Å². The van der Waals surface area contributed by atoms with Crippen molar-refractivity contribution in [3.05, 3.63) is 23.9 Å². The van der Waals surface area contributed by atoms with Crippen LogP contribution in [0.5, 0.6) is 0 Å². The standard InChI is InChI=1S/C17H24N6O/c18-11-13-3-1-7-19-16(13)20-8-9-21-17(23-14-5-6-14)22-12-15-4-2-10-24-15/h1,3,7,14-15H,2,4-6,8-10,12H2,(H,19,20)(H2,21,22,23). The molecule has 3 N–H and O–H groups in total. The maximum absolute atomic E-state index is 9.06. The number of pyridine rings is 1. The second-order valence-corrected chi connectivity index (χ2v) is 6.11. The Labute approximate surface area is 142 Å². The van der Waals surface area contributed by atoms with Gasteiger partial charge in [-0.3, -0.25) is 4.99 Å². The van der Waals surface area contributed by atoms with Crippen LogP contribution in [-0.2, 0) is 4.74 Å². The van der Waals surface area contributed by atoms with Gasteiger partial charge in [-0.05, 0) is 37.8 Å². The Morgan fingerprint density at radius 2 is 2.29 bits per heavy atom. The average Bonchev–Trinajstić information content (AvgIpc) is 3.28. The highest BCUT2D eigenvalue weighted by Gasteiger charge is 2.22. The van der Waals surface area contributed by atoms with Gasteiger partial charge in [-0.1, -0.05) is 0 Å². The molecule has 1 aromatic heterocycles. The number of nitriles is 1. The first-order valence-corrected chi connectivity index (χ1v) is 8.60. The molecule has 1 unspecified atom stereocenters. The second-order valence-electron chi connectivity index (χ2n) is 6.11. The number of nitrogens with one attached hydrogen (secondary N) is 3. The number of aromatic nitrogens is 1. The zero-order valence-corrected chi connectivity index (χ0v) is 13.8. The van der Waals surface area contributed by atoms with E-state index in [4.69, 9.17) is 10.00 Å². The second kappa shape index (κ2) is 8.50. The van der Waals surface area contributed by atoms with Crippen molar-refractivity contribution in [1.29, 1.82) is 5.26 Å². The van der Waals surface area contributed by atoms with Crippen LogP contribution >= 0.6 is 0 Å². The Hall–Kier alpha value is -2.33. The lowest BCUT2D eigenvalue weighted by atomic mass is 10.2. The highest BCUT2D eigenvalue weighted by atomic mass is 16.5. The number of anilines is 1. The maximum Gasteiger partial charge on any atom is 0.191 e. The van der Waals surface area contributed by atoms with E-state index in [0.29, 0.717) is 37.1 Å². The third kappa shape index (κ3) is 5.10. The first kappa shape index (κ1) is 16.5. The number of guanidine groups is 1. The van der Waals surface area contributed by atoms with Gasteiger partial charge < -0.3 is 20.7 Å². The first-order valence-electron chi connectivity index (χ1n) is 8.60. The number of aliphatic imine (C=N–C) groups is 1. The van der Waals surface area contributed by atoms with Gasteiger partial charge in [-0.15, -0.1) is 0 Å². The van der Waals surface area contributed by atoms with Gasteiger partial charge in [-0.25, -0.2) is 4.98 Å². The maximum atomic E-state index is 9.06. The Bertz CT molecular complexity index is 601. The Kier molecular flexibility index (Phi) is 5.85. The van der Waals surface area contributed by atoms with Gasteiger partial charge >= 0.3 is 0 Å². The molecule has 7 heteroatoms. The fourth-order valence-corrected chi connectivity index (χ4v) is 2.55. The fraction of sp³-hybridized carbons (Fsp3) is 0.588. The van der Waals surface area contributed by atoms with Crippen LogP contribution in [0.15, 0.2) is 23.3 Å². The minimum atomic E-state index is 0.257. The Balaban J connectivity index is 1.44. The van der Waals surface area contributed by atoms with E-state index in [0.717, 1.165) is 25.4 Å². The zero-order valence-electron chi connectivity index (χ0n) is 13.8. The highest BCUT2D eigenvalue weighted by Crippen LogP contribution is 2.18. The molecule has 0 spiro atoms. The molecule has 1 atom stereocenters. The molecule has 3 rings (SSSR count). The summed E-state index contributed by atoms with van der Waals surface area (Å²) >= 11 is 0. The van der Waals surface area contributed by atoms with E-state index in [1.165, 1.54) is 12.8 Å². The SMILES string of the molecule is N#Cc1cccnc1NCCNC(=NCC1CCCO1)NC1CC1. The van der Waals surface area contributed by atoms with Gasteiger partial charge in [0.1, 0.15) is 11.9 Å². The Morgan fingerprint density at radius 1 is 1.38 bits per heavy atom. The number of hydrogen-bond acceptors (Lipinski definition) is 5. The molecule has 1 aliphatic carbocycles. The molecule has 0 amide bonds. The van der Waals surface area contributed by atoms with Crippen LogP contribution in [0.25, 0.3) is 0 Å². The summed E-state index contributed by atoms with van der Waals surface area (Å²) in [5.74, 6) is 1.46. The van der Waals surface area contributed by atoms with Crippen molar-refractivity contribution in [3.63, 3.8) is 0 Å². The van der Waals surface area contributed by atoms with E-state index in [2.05, 4.69) is 32.0 Å².